The van der Waals surface area contributed by atoms with Gasteiger partial charge in [0.05, 0.1) is 22.1 Å². The fraction of sp³-hybridized carbons (Fsp3) is 0.467. The van der Waals surface area contributed by atoms with Gasteiger partial charge in [-0.15, -0.1) is 0 Å². The van der Waals surface area contributed by atoms with Crippen molar-refractivity contribution in [2.24, 2.45) is 0 Å². The summed E-state index contributed by atoms with van der Waals surface area (Å²) in [6.07, 6.45) is -0.726. The highest BCUT2D eigenvalue weighted by molar-refractivity contribution is 7.89. The van der Waals surface area contributed by atoms with Gasteiger partial charge >= 0.3 is 11.9 Å². The molecular formula is C15H18ClNO6S. The normalized spacial score (nSPS) is 17.8. The molecule has 0 amide bonds. The summed E-state index contributed by atoms with van der Waals surface area (Å²) in [7, 11) is -3.74. The number of benzene rings is 1. The maximum Gasteiger partial charge on any atom is 0.347 e. The molecule has 0 saturated carbocycles. The van der Waals surface area contributed by atoms with E-state index in [1.807, 2.05) is 0 Å². The maximum atomic E-state index is 12.5. The molecule has 132 valence electrons. The summed E-state index contributed by atoms with van der Waals surface area (Å²) in [6.45, 7) is 4.22. The van der Waals surface area contributed by atoms with Crippen LogP contribution in [0.3, 0.4) is 0 Å². The maximum absolute atomic E-state index is 12.5. The van der Waals surface area contributed by atoms with Crippen molar-refractivity contribution in [1.29, 1.82) is 0 Å². The molecule has 0 aliphatic carbocycles. The molecule has 1 saturated heterocycles. The summed E-state index contributed by atoms with van der Waals surface area (Å²) in [6, 6.07) is 3.82. The van der Waals surface area contributed by atoms with Crippen LogP contribution in [0.1, 0.15) is 30.6 Å². The number of sulfonamides is 1. The standard InChI is InChI=1S/C15H18ClNO6S/c1-3-17(4-2)24(20,21)10-5-6-12(16)11(9-10)14(18)23-13-7-8-22-15(13)19/h5-6,9,13H,3-4,7-8H2,1-2H3/t13-/m0/s1. The van der Waals surface area contributed by atoms with Crippen LogP contribution in [0.25, 0.3) is 0 Å². The van der Waals surface area contributed by atoms with Crippen LogP contribution in [0.4, 0.5) is 0 Å². The minimum Gasteiger partial charge on any atom is -0.463 e. The third-order valence-electron chi connectivity index (χ3n) is 3.64. The van der Waals surface area contributed by atoms with Gasteiger partial charge in [0.2, 0.25) is 16.1 Å². The van der Waals surface area contributed by atoms with Gasteiger partial charge in [-0.05, 0) is 18.2 Å². The first kappa shape index (κ1) is 18.7. The van der Waals surface area contributed by atoms with E-state index in [9.17, 15) is 18.0 Å². The van der Waals surface area contributed by atoms with Crippen LogP contribution in [-0.4, -0.2) is 50.5 Å². The zero-order valence-corrected chi connectivity index (χ0v) is 14.9. The van der Waals surface area contributed by atoms with E-state index in [0.717, 1.165) is 0 Å². The molecule has 0 spiro atoms. The molecule has 1 fully saturated rings. The Bertz CT molecular complexity index is 744. The molecule has 1 atom stereocenters. The van der Waals surface area contributed by atoms with Crippen molar-refractivity contribution >= 4 is 33.6 Å². The summed E-state index contributed by atoms with van der Waals surface area (Å²) >= 11 is 5.98. The Balaban J connectivity index is 2.31. The lowest BCUT2D eigenvalue weighted by molar-refractivity contribution is -0.145. The lowest BCUT2D eigenvalue weighted by atomic mass is 10.2. The average molecular weight is 376 g/mol. The second-order valence-corrected chi connectivity index (χ2v) is 7.43. The topological polar surface area (TPSA) is 90.0 Å². The molecule has 0 bridgehead atoms. The van der Waals surface area contributed by atoms with Gasteiger partial charge in [0, 0.05) is 19.5 Å². The van der Waals surface area contributed by atoms with Crippen molar-refractivity contribution in [3.8, 4) is 0 Å². The molecule has 9 heteroatoms. The molecule has 0 radical (unpaired) electrons. The molecule has 1 heterocycles. The second-order valence-electron chi connectivity index (χ2n) is 5.08. The summed E-state index contributed by atoms with van der Waals surface area (Å²) in [4.78, 5) is 23.6. The van der Waals surface area contributed by atoms with E-state index in [1.54, 1.807) is 13.8 Å². The SMILES string of the molecule is CCN(CC)S(=O)(=O)c1ccc(Cl)c(C(=O)O[C@H]2CCOC2=O)c1. The third-order valence-corrected chi connectivity index (χ3v) is 6.01. The van der Waals surface area contributed by atoms with E-state index in [2.05, 4.69) is 0 Å². The van der Waals surface area contributed by atoms with Crippen molar-refractivity contribution in [3.63, 3.8) is 0 Å². The minimum absolute atomic E-state index is 0.0462. The van der Waals surface area contributed by atoms with Gasteiger partial charge in [0.1, 0.15) is 0 Å². The van der Waals surface area contributed by atoms with Gasteiger partial charge in [-0.2, -0.15) is 4.31 Å². The average Bonchev–Trinajstić information content (AvgIpc) is 2.93. The molecule has 0 N–H and O–H groups in total. The van der Waals surface area contributed by atoms with Gasteiger partial charge in [0.15, 0.2) is 0 Å². The molecule has 1 aliphatic heterocycles. The van der Waals surface area contributed by atoms with Gasteiger partial charge in [-0.25, -0.2) is 18.0 Å². The summed E-state index contributed by atoms with van der Waals surface area (Å²) in [5.74, 6) is -1.48. The van der Waals surface area contributed by atoms with Crippen LogP contribution in [0.5, 0.6) is 0 Å². The first-order valence-electron chi connectivity index (χ1n) is 7.48. The fourth-order valence-corrected chi connectivity index (χ4v) is 3.99. The number of esters is 2. The lowest BCUT2D eigenvalue weighted by Gasteiger charge is -2.19. The lowest BCUT2D eigenvalue weighted by Crippen LogP contribution is -2.30. The largest absolute Gasteiger partial charge is 0.463 e. The van der Waals surface area contributed by atoms with Crippen molar-refractivity contribution in [2.75, 3.05) is 19.7 Å². The summed E-state index contributed by atoms with van der Waals surface area (Å²) in [5, 5.41) is 0.0462. The van der Waals surface area contributed by atoms with Crippen molar-refractivity contribution < 1.29 is 27.5 Å². The fourth-order valence-electron chi connectivity index (χ4n) is 2.31. The zero-order valence-electron chi connectivity index (χ0n) is 13.3. The van der Waals surface area contributed by atoms with Crippen LogP contribution in [0, 0.1) is 0 Å². The van der Waals surface area contributed by atoms with Gasteiger partial charge < -0.3 is 9.47 Å². The molecule has 0 unspecified atom stereocenters. The molecule has 1 aliphatic rings. The second kappa shape index (κ2) is 7.50. The molecular weight excluding hydrogens is 358 g/mol. The van der Waals surface area contributed by atoms with Crippen molar-refractivity contribution in [1.82, 2.24) is 4.31 Å². The predicted molar refractivity (Wildman–Crippen MR) is 86.3 cm³/mol. The Morgan fingerprint density at radius 3 is 2.58 bits per heavy atom. The highest BCUT2D eigenvalue weighted by Crippen LogP contribution is 2.25. The Hall–Kier alpha value is -1.64. The van der Waals surface area contributed by atoms with Crippen LogP contribution in [0.2, 0.25) is 5.02 Å². The van der Waals surface area contributed by atoms with Crippen LogP contribution in [-0.2, 0) is 24.3 Å². The Morgan fingerprint density at radius 1 is 1.38 bits per heavy atom. The van der Waals surface area contributed by atoms with Crippen molar-refractivity contribution in [3.05, 3.63) is 28.8 Å². The Kier molecular flexibility index (Phi) is 5.84. The summed E-state index contributed by atoms with van der Waals surface area (Å²) < 4.78 is 36.1. The molecule has 24 heavy (non-hydrogen) atoms. The van der Waals surface area contributed by atoms with E-state index in [4.69, 9.17) is 21.1 Å². The Labute approximate surface area is 145 Å². The first-order chi connectivity index (χ1) is 11.3. The molecule has 2 rings (SSSR count). The highest BCUT2D eigenvalue weighted by Gasteiger charge is 2.32. The molecule has 0 aromatic heterocycles. The molecule has 1 aromatic carbocycles. The number of carbonyl (C=O) groups is 2. The van der Waals surface area contributed by atoms with Gasteiger partial charge in [-0.1, -0.05) is 25.4 Å². The third kappa shape index (κ3) is 3.71. The van der Waals surface area contributed by atoms with E-state index in [0.29, 0.717) is 13.1 Å². The zero-order chi connectivity index (χ0) is 17.9. The number of cyclic esters (lactones) is 1. The van der Waals surface area contributed by atoms with Gasteiger partial charge in [0.25, 0.3) is 0 Å². The smallest absolute Gasteiger partial charge is 0.347 e. The molecule has 1 aromatic rings. The minimum atomic E-state index is -3.74. The van der Waals surface area contributed by atoms with Crippen molar-refractivity contribution in [2.45, 2.75) is 31.3 Å². The number of ether oxygens (including phenoxy) is 2. The van der Waals surface area contributed by atoms with Crippen LogP contribution in [0.15, 0.2) is 23.1 Å². The van der Waals surface area contributed by atoms with E-state index in [-0.39, 0.29) is 28.5 Å². The number of hydrogen-bond donors (Lipinski definition) is 0. The number of carbonyl (C=O) groups excluding carboxylic acids is 2. The first-order valence-corrected chi connectivity index (χ1v) is 9.30. The Morgan fingerprint density at radius 2 is 2.04 bits per heavy atom. The number of hydrogen-bond acceptors (Lipinski definition) is 6. The summed E-state index contributed by atoms with van der Waals surface area (Å²) in [5.41, 5.74) is -0.107. The quantitative estimate of drug-likeness (QED) is 0.705. The highest BCUT2D eigenvalue weighted by atomic mass is 35.5. The van der Waals surface area contributed by atoms with E-state index in [1.165, 1.54) is 22.5 Å². The predicted octanol–water partition coefficient (Wildman–Crippen LogP) is 1.84. The number of nitrogens with zero attached hydrogens (tertiary/aromatic N) is 1. The van der Waals surface area contributed by atoms with Crippen LogP contribution < -0.4 is 0 Å². The van der Waals surface area contributed by atoms with E-state index >= 15 is 0 Å². The monoisotopic (exact) mass is 375 g/mol. The van der Waals surface area contributed by atoms with Gasteiger partial charge in [-0.3, -0.25) is 0 Å². The molecule has 7 nitrogen and oxygen atoms in total. The number of rotatable bonds is 6. The van der Waals surface area contributed by atoms with Crippen LogP contribution >= 0.6 is 11.6 Å². The number of halogens is 1. The van der Waals surface area contributed by atoms with E-state index < -0.39 is 28.1 Å².